The van der Waals surface area contributed by atoms with Crippen LogP contribution in [0.1, 0.15) is 32.3 Å². The first-order valence-corrected chi connectivity index (χ1v) is 6.64. The Balaban J connectivity index is 2.75. The molecule has 0 saturated heterocycles. The zero-order chi connectivity index (χ0) is 13.4. The molecule has 1 aromatic rings. The highest BCUT2D eigenvalue weighted by molar-refractivity contribution is 5.26. The van der Waals surface area contributed by atoms with Crippen molar-refractivity contribution >= 4 is 0 Å². The van der Waals surface area contributed by atoms with E-state index in [1.807, 2.05) is 12.1 Å². The van der Waals surface area contributed by atoms with E-state index in [1.54, 1.807) is 19.2 Å². The summed E-state index contributed by atoms with van der Waals surface area (Å²) in [5, 5.41) is 3.42. The van der Waals surface area contributed by atoms with Crippen molar-refractivity contribution in [2.75, 3.05) is 26.8 Å². The lowest BCUT2D eigenvalue weighted by Gasteiger charge is -2.33. The van der Waals surface area contributed by atoms with E-state index in [0.717, 1.165) is 25.9 Å². The van der Waals surface area contributed by atoms with Gasteiger partial charge < -0.3 is 10.1 Å². The Kier molecular flexibility index (Phi) is 6.30. The van der Waals surface area contributed by atoms with E-state index in [4.69, 9.17) is 4.74 Å². The van der Waals surface area contributed by atoms with Crippen LogP contribution in [0.4, 0.5) is 4.39 Å². The van der Waals surface area contributed by atoms with Crippen LogP contribution in [0.3, 0.4) is 0 Å². The van der Waals surface area contributed by atoms with Crippen molar-refractivity contribution in [2.24, 2.45) is 0 Å². The number of rotatable bonds is 8. The second kappa shape index (κ2) is 7.49. The minimum atomic E-state index is -0.174. The number of methoxy groups -OCH3 is 1. The van der Waals surface area contributed by atoms with Crippen molar-refractivity contribution in [3.8, 4) is 0 Å². The molecular formula is C15H24FNO. The van der Waals surface area contributed by atoms with Gasteiger partial charge in [-0.3, -0.25) is 0 Å². The lowest BCUT2D eigenvalue weighted by atomic mass is 9.76. The zero-order valence-electron chi connectivity index (χ0n) is 11.6. The molecule has 102 valence electrons. The molecule has 2 nitrogen and oxygen atoms in total. The molecule has 0 fully saturated rings. The molecule has 3 heteroatoms. The van der Waals surface area contributed by atoms with E-state index in [1.165, 1.54) is 5.56 Å². The van der Waals surface area contributed by atoms with Crippen LogP contribution in [-0.2, 0) is 10.2 Å². The lowest BCUT2D eigenvalue weighted by molar-refractivity contribution is 0.195. The average molecular weight is 253 g/mol. The molecular weight excluding hydrogens is 229 g/mol. The maximum absolute atomic E-state index is 13.0. The number of hydrogen-bond acceptors (Lipinski definition) is 2. The summed E-state index contributed by atoms with van der Waals surface area (Å²) in [6.07, 6.45) is 2.07. The molecule has 0 amide bonds. The number of hydrogen-bond donors (Lipinski definition) is 1. The van der Waals surface area contributed by atoms with E-state index >= 15 is 0 Å². The minimum Gasteiger partial charge on any atom is -0.383 e. The van der Waals surface area contributed by atoms with Crippen LogP contribution in [0.25, 0.3) is 0 Å². The van der Waals surface area contributed by atoms with Crippen LogP contribution in [0.5, 0.6) is 0 Å². The molecule has 0 atom stereocenters. The Hall–Kier alpha value is -0.930. The highest BCUT2D eigenvalue weighted by Crippen LogP contribution is 2.31. The van der Waals surface area contributed by atoms with Crippen LogP contribution >= 0.6 is 0 Å². The predicted octanol–water partition coefficient (Wildman–Crippen LogP) is 3.12. The molecule has 0 saturated carbocycles. The predicted molar refractivity (Wildman–Crippen MR) is 73.4 cm³/mol. The first-order chi connectivity index (χ1) is 8.68. The van der Waals surface area contributed by atoms with Crippen molar-refractivity contribution in [3.63, 3.8) is 0 Å². The number of halogens is 1. The van der Waals surface area contributed by atoms with Gasteiger partial charge in [-0.25, -0.2) is 4.39 Å². The lowest BCUT2D eigenvalue weighted by Crippen LogP contribution is -2.38. The maximum Gasteiger partial charge on any atom is 0.123 e. The normalized spacial score (nSPS) is 11.8. The Morgan fingerprint density at radius 3 is 2.28 bits per heavy atom. The number of ether oxygens (including phenoxy) is 1. The van der Waals surface area contributed by atoms with Crippen molar-refractivity contribution in [3.05, 3.63) is 35.6 Å². The highest BCUT2D eigenvalue weighted by atomic mass is 19.1. The van der Waals surface area contributed by atoms with Gasteiger partial charge in [0.05, 0.1) is 6.61 Å². The maximum atomic E-state index is 13.0. The van der Waals surface area contributed by atoms with Gasteiger partial charge in [-0.1, -0.05) is 26.0 Å². The van der Waals surface area contributed by atoms with E-state index in [2.05, 4.69) is 19.2 Å². The fourth-order valence-electron chi connectivity index (χ4n) is 2.32. The van der Waals surface area contributed by atoms with Crippen molar-refractivity contribution in [1.82, 2.24) is 5.32 Å². The first kappa shape index (κ1) is 15.1. The van der Waals surface area contributed by atoms with Crippen LogP contribution in [0.2, 0.25) is 0 Å². The molecule has 0 aliphatic carbocycles. The third kappa shape index (κ3) is 3.79. The van der Waals surface area contributed by atoms with Crippen LogP contribution in [0.15, 0.2) is 24.3 Å². The Morgan fingerprint density at radius 2 is 1.78 bits per heavy atom. The second-order valence-electron chi connectivity index (χ2n) is 4.66. The molecule has 0 radical (unpaired) electrons. The van der Waals surface area contributed by atoms with Gasteiger partial charge in [0.15, 0.2) is 0 Å². The largest absolute Gasteiger partial charge is 0.383 e. The number of nitrogens with one attached hydrogen (secondary N) is 1. The molecule has 1 rings (SSSR count). The summed E-state index contributed by atoms with van der Waals surface area (Å²) >= 11 is 0. The molecule has 0 aliphatic rings. The fourth-order valence-corrected chi connectivity index (χ4v) is 2.32. The third-order valence-electron chi connectivity index (χ3n) is 3.76. The Morgan fingerprint density at radius 1 is 1.17 bits per heavy atom. The zero-order valence-corrected chi connectivity index (χ0v) is 11.6. The minimum absolute atomic E-state index is 0.0848. The molecule has 0 bridgehead atoms. The van der Waals surface area contributed by atoms with E-state index in [0.29, 0.717) is 6.61 Å². The molecule has 0 aliphatic heterocycles. The van der Waals surface area contributed by atoms with Gasteiger partial charge in [0.2, 0.25) is 0 Å². The summed E-state index contributed by atoms with van der Waals surface area (Å²) in [4.78, 5) is 0. The summed E-state index contributed by atoms with van der Waals surface area (Å²) in [6, 6.07) is 6.90. The molecule has 1 N–H and O–H groups in total. The fraction of sp³-hybridized carbons (Fsp3) is 0.600. The molecule has 0 unspecified atom stereocenters. The van der Waals surface area contributed by atoms with E-state index < -0.39 is 0 Å². The van der Waals surface area contributed by atoms with Gasteiger partial charge >= 0.3 is 0 Å². The summed E-state index contributed by atoms with van der Waals surface area (Å²) < 4.78 is 18.0. The van der Waals surface area contributed by atoms with Crippen LogP contribution in [0, 0.1) is 5.82 Å². The van der Waals surface area contributed by atoms with Gasteiger partial charge in [0, 0.05) is 25.6 Å². The summed E-state index contributed by atoms with van der Waals surface area (Å²) in [5.74, 6) is -0.174. The van der Waals surface area contributed by atoms with Gasteiger partial charge in [-0.15, -0.1) is 0 Å². The third-order valence-corrected chi connectivity index (χ3v) is 3.76. The second-order valence-corrected chi connectivity index (χ2v) is 4.66. The van der Waals surface area contributed by atoms with Gasteiger partial charge in [-0.05, 0) is 30.5 Å². The molecule has 18 heavy (non-hydrogen) atoms. The quantitative estimate of drug-likeness (QED) is 0.719. The topological polar surface area (TPSA) is 21.3 Å². The van der Waals surface area contributed by atoms with Crippen molar-refractivity contribution in [2.45, 2.75) is 32.1 Å². The molecule has 1 aromatic carbocycles. The van der Waals surface area contributed by atoms with Crippen LogP contribution < -0.4 is 5.32 Å². The molecule has 0 spiro atoms. The summed E-state index contributed by atoms with van der Waals surface area (Å²) in [6.45, 7) is 6.83. The SMILES string of the molecule is CCC(CC)(CNCCOC)c1ccc(F)cc1. The average Bonchev–Trinajstić information content (AvgIpc) is 2.41. The van der Waals surface area contributed by atoms with Crippen molar-refractivity contribution in [1.29, 1.82) is 0 Å². The molecule has 0 heterocycles. The van der Waals surface area contributed by atoms with Crippen molar-refractivity contribution < 1.29 is 9.13 Å². The monoisotopic (exact) mass is 253 g/mol. The Bertz CT molecular complexity index is 333. The van der Waals surface area contributed by atoms with E-state index in [9.17, 15) is 4.39 Å². The smallest absolute Gasteiger partial charge is 0.123 e. The standard InChI is InChI=1S/C15H24FNO/c1-4-15(5-2,12-17-10-11-18-3)13-6-8-14(16)9-7-13/h6-9,17H,4-5,10-12H2,1-3H3. The van der Waals surface area contributed by atoms with Crippen LogP contribution in [-0.4, -0.2) is 26.8 Å². The first-order valence-electron chi connectivity index (χ1n) is 6.64. The Labute approximate surface area is 110 Å². The van der Waals surface area contributed by atoms with Gasteiger partial charge in [-0.2, -0.15) is 0 Å². The highest BCUT2D eigenvalue weighted by Gasteiger charge is 2.27. The summed E-state index contributed by atoms with van der Waals surface area (Å²) in [5.41, 5.74) is 1.29. The summed E-state index contributed by atoms with van der Waals surface area (Å²) in [7, 11) is 1.70. The van der Waals surface area contributed by atoms with Gasteiger partial charge in [0.25, 0.3) is 0 Å². The van der Waals surface area contributed by atoms with E-state index in [-0.39, 0.29) is 11.2 Å². The molecule has 0 aromatic heterocycles. The number of benzene rings is 1. The van der Waals surface area contributed by atoms with Gasteiger partial charge in [0.1, 0.15) is 5.82 Å².